The molecule has 0 fully saturated rings. The van der Waals surface area contributed by atoms with Gasteiger partial charge in [0.05, 0.1) is 17.2 Å². The summed E-state index contributed by atoms with van der Waals surface area (Å²) in [5.74, 6) is -1.28. The van der Waals surface area contributed by atoms with E-state index >= 15 is 0 Å². The Balaban J connectivity index is 2.36. The van der Waals surface area contributed by atoms with E-state index in [1.165, 1.54) is 13.8 Å². The van der Waals surface area contributed by atoms with Gasteiger partial charge in [0.2, 0.25) is 0 Å². The first kappa shape index (κ1) is 15.1. The van der Waals surface area contributed by atoms with Crippen molar-refractivity contribution in [3.8, 4) is 0 Å². The first-order valence-corrected chi connectivity index (χ1v) is 6.81. The van der Waals surface area contributed by atoms with Crippen molar-refractivity contribution in [1.29, 1.82) is 0 Å². The van der Waals surface area contributed by atoms with E-state index in [2.05, 4.69) is 0 Å². The van der Waals surface area contributed by atoms with Gasteiger partial charge in [0.25, 0.3) is 11.8 Å². The van der Waals surface area contributed by atoms with Gasteiger partial charge in [-0.1, -0.05) is 11.6 Å². The third-order valence-corrected chi connectivity index (χ3v) is 3.62. The van der Waals surface area contributed by atoms with Crippen molar-refractivity contribution in [2.45, 2.75) is 39.7 Å². The predicted molar refractivity (Wildman–Crippen MR) is 76.1 cm³/mol. The standard InChI is InChI=1S/C16H17NO4/c1-9-4-6-12-13(8-9)16(21)17(15(12)20)14(11(3)19)7-5-10(2)18/h4,6,8,14H,5,7H2,1-3H3. The molecule has 1 aliphatic rings. The Morgan fingerprint density at radius 1 is 1.10 bits per heavy atom. The van der Waals surface area contributed by atoms with Crippen LogP contribution in [0.5, 0.6) is 0 Å². The van der Waals surface area contributed by atoms with Crippen LogP contribution in [0.4, 0.5) is 0 Å². The van der Waals surface area contributed by atoms with E-state index in [9.17, 15) is 19.2 Å². The second-order valence-corrected chi connectivity index (χ2v) is 5.40. The summed E-state index contributed by atoms with van der Waals surface area (Å²) >= 11 is 0. The smallest absolute Gasteiger partial charge is 0.262 e. The molecule has 0 saturated heterocycles. The lowest BCUT2D eigenvalue weighted by molar-refractivity contribution is -0.121. The van der Waals surface area contributed by atoms with Crippen LogP contribution in [0.3, 0.4) is 0 Å². The zero-order chi connectivity index (χ0) is 15.7. The van der Waals surface area contributed by atoms with Gasteiger partial charge >= 0.3 is 0 Å². The summed E-state index contributed by atoms with van der Waals surface area (Å²) in [6.07, 6.45) is 0.339. The number of Topliss-reactive ketones (excluding diaryl/α,β-unsaturated/α-hetero) is 2. The third-order valence-electron chi connectivity index (χ3n) is 3.62. The highest BCUT2D eigenvalue weighted by Gasteiger charge is 2.41. The van der Waals surface area contributed by atoms with Crippen LogP contribution in [0.25, 0.3) is 0 Å². The number of imide groups is 1. The molecule has 0 aliphatic carbocycles. The molecule has 1 atom stereocenters. The minimum Gasteiger partial charge on any atom is -0.300 e. The highest BCUT2D eigenvalue weighted by molar-refractivity contribution is 6.23. The molecule has 2 amide bonds. The second-order valence-electron chi connectivity index (χ2n) is 5.40. The van der Waals surface area contributed by atoms with Gasteiger partial charge in [0, 0.05) is 6.42 Å². The molecule has 0 spiro atoms. The lowest BCUT2D eigenvalue weighted by Crippen LogP contribution is -2.44. The molecule has 0 saturated carbocycles. The fourth-order valence-electron chi connectivity index (χ4n) is 2.51. The minimum absolute atomic E-state index is 0.0753. The van der Waals surface area contributed by atoms with Crippen LogP contribution in [-0.2, 0) is 9.59 Å². The summed E-state index contributed by atoms with van der Waals surface area (Å²) < 4.78 is 0. The number of amides is 2. The van der Waals surface area contributed by atoms with Gasteiger partial charge in [0.1, 0.15) is 5.78 Å². The summed E-state index contributed by atoms with van der Waals surface area (Å²) in [4.78, 5) is 48.7. The third kappa shape index (κ3) is 2.77. The number of carbonyl (C=O) groups is 4. The average Bonchev–Trinajstić information content (AvgIpc) is 2.63. The van der Waals surface area contributed by atoms with Gasteiger partial charge in [-0.05, 0) is 39.3 Å². The van der Waals surface area contributed by atoms with Gasteiger partial charge in [-0.3, -0.25) is 19.3 Å². The minimum atomic E-state index is -0.874. The number of fused-ring (bicyclic) bond motifs is 1. The first-order valence-electron chi connectivity index (χ1n) is 6.81. The number of rotatable bonds is 5. The maximum absolute atomic E-state index is 12.4. The molecule has 1 aliphatic heterocycles. The van der Waals surface area contributed by atoms with Crippen molar-refractivity contribution >= 4 is 23.4 Å². The van der Waals surface area contributed by atoms with Gasteiger partial charge in [-0.15, -0.1) is 0 Å². The molecule has 1 unspecified atom stereocenters. The summed E-state index contributed by atoms with van der Waals surface area (Å²) in [5, 5.41) is 0. The van der Waals surface area contributed by atoms with Gasteiger partial charge in [-0.2, -0.15) is 0 Å². The van der Waals surface area contributed by atoms with Crippen LogP contribution in [-0.4, -0.2) is 34.3 Å². The predicted octanol–water partition coefficient (Wildman–Crippen LogP) is 1.92. The zero-order valence-electron chi connectivity index (χ0n) is 12.3. The van der Waals surface area contributed by atoms with Crippen LogP contribution in [0.1, 0.15) is 53.0 Å². The molecule has 5 heteroatoms. The quantitative estimate of drug-likeness (QED) is 0.776. The highest BCUT2D eigenvalue weighted by atomic mass is 16.2. The fraction of sp³-hybridized carbons (Fsp3) is 0.375. The number of aryl methyl sites for hydroxylation is 1. The van der Waals surface area contributed by atoms with Crippen LogP contribution in [0.15, 0.2) is 18.2 Å². The number of benzene rings is 1. The molecule has 0 bridgehead atoms. The molecule has 0 radical (unpaired) electrons. The Hall–Kier alpha value is -2.30. The van der Waals surface area contributed by atoms with Crippen LogP contribution < -0.4 is 0 Å². The summed E-state index contributed by atoms with van der Waals surface area (Å²) in [5.41, 5.74) is 1.52. The molecule has 1 aromatic rings. The highest BCUT2D eigenvalue weighted by Crippen LogP contribution is 2.27. The van der Waals surface area contributed by atoms with Crippen molar-refractivity contribution in [2.75, 3.05) is 0 Å². The van der Waals surface area contributed by atoms with Crippen molar-refractivity contribution in [1.82, 2.24) is 4.90 Å². The SMILES string of the molecule is CC(=O)CCC(C(C)=O)N1C(=O)c2ccc(C)cc2C1=O. The Morgan fingerprint density at radius 3 is 2.29 bits per heavy atom. The normalized spacial score (nSPS) is 15.1. The maximum Gasteiger partial charge on any atom is 0.262 e. The van der Waals surface area contributed by atoms with E-state index in [1.54, 1.807) is 18.2 Å². The molecule has 110 valence electrons. The lowest BCUT2D eigenvalue weighted by atomic mass is 10.0. The van der Waals surface area contributed by atoms with Crippen LogP contribution in [0, 0.1) is 6.92 Å². The maximum atomic E-state index is 12.4. The monoisotopic (exact) mass is 287 g/mol. The molecule has 0 N–H and O–H groups in total. The second kappa shape index (κ2) is 5.60. The fourth-order valence-corrected chi connectivity index (χ4v) is 2.51. The Bertz CT molecular complexity index is 648. The van der Waals surface area contributed by atoms with E-state index < -0.39 is 17.9 Å². The van der Waals surface area contributed by atoms with Gasteiger partial charge in [0.15, 0.2) is 5.78 Å². The van der Waals surface area contributed by atoms with Crippen molar-refractivity contribution in [2.24, 2.45) is 0 Å². The molecule has 21 heavy (non-hydrogen) atoms. The molecule has 2 rings (SSSR count). The van der Waals surface area contributed by atoms with E-state index in [1.807, 2.05) is 6.92 Å². The molecule has 1 aromatic carbocycles. The van der Waals surface area contributed by atoms with Crippen LogP contribution in [0.2, 0.25) is 0 Å². The number of hydrogen-bond acceptors (Lipinski definition) is 4. The van der Waals surface area contributed by atoms with E-state index in [-0.39, 0.29) is 24.4 Å². The molecular formula is C16H17NO4. The van der Waals surface area contributed by atoms with Crippen molar-refractivity contribution < 1.29 is 19.2 Å². The Kier molecular flexibility index (Phi) is 4.02. The molecule has 1 heterocycles. The average molecular weight is 287 g/mol. The van der Waals surface area contributed by atoms with Crippen molar-refractivity contribution in [3.05, 3.63) is 34.9 Å². The summed E-state index contributed by atoms with van der Waals surface area (Å²) in [6, 6.07) is 4.14. The van der Waals surface area contributed by atoms with Crippen molar-refractivity contribution in [3.63, 3.8) is 0 Å². The molecule has 5 nitrogen and oxygen atoms in total. The lowest BCUT2D eigenvalue weighted by Gasteiger charge is -2.23. The topological polar surface area (TPSA) is 71.5 Å². The van der Waals surface area contributed by atoms with E-state index in [4.69, 9.17) is 0 Å². The summed E-state index contributed by atoms with van der Waals surface area (Å²) in [7, 11) is 0. The van der Waals surface area contributed by atoms with Gasteiger partial charge < -0.3 is 4.79 Å². The zero-order valence-corrected chi connectivity index (χ0v) is 12.3. The Morgan fingerprint density at radius 2 is 1.71 bits per heavy atom. The van der Waals surface area contributed by atoms with E-state index in [0.717, 1.165) is 10.5 Å². The number of carbonyl (C=O) groups excluding carboxylic acids is 4. The first-order chi connectivity index (χ1) is 9.82. The van der Waals surface area contributed by atoms with Gasteiger partial charge in [-0.25, -0.2) is 0 Å². The molecular weight excluding hydrogens is 270 g/mol. The Labute approximate surface area is 122 Å². The number of hydrogen-bond donors (Lipinski definition) is 0. The number of ketones is 2. The van der Waals surface area contributed by atoms with Crippen LogP contribution >= 0.6 is 0 Å². The van der Waals surface area contributed by atoms with E-state index in [0.29, 0.717) is 11.1 Å². The summed E-state index contributed by atoms with van der Waals surface area (Å²) in [6.45, 7) is 4.58. The largest absolute Gasteiger partial charge is 0.300 e. The molecule has 0 aromatic heterocycles. The number of nitrogens with zero attached hydrogens (tertiary/aromatic N) is 1.